The van der Waals surface area contributed by atoms with Crippen LogP contribution in [-0.2, 0) is 0 Å². The van der Waals surface area contributed by atoms with Crippen LogP contribution in [0.2, 0.25) is 0 Å². The number of hydrogen-bond donors (Lipinski definition) is 0. The Kier molecular flexibility index (Phi) is 4.27. The summed E-state index contributed by atoms with van der Waals surface area (Å²) in [5, 5.41) is 11.3. The van der Waals surface area contributed by atoms with Crippen LogP contribution in [0.5, 0.6) is 0 Å². The van der Waals surface area contributed by atoms with E-state index in [2.05, 4.69) is 16.7 Å². The van der Waals surface area contributed by atoms with Crippen molar-refractivity contribution in [3.63, 3.8) is 0 Å². The van der Waals surface area contributed by atoms with Gasteiger partial charge in [0.15, 0.2) is 5.78 Å². The second-order valence-corrected chi connectivity index (χ2v) is 5.77. The number of benzene rings is 1. The molecule has 0 saturated carbocycles. The highest BCUT2D eigenvalue weighted by molar-refractivity contribution is 5.95. The van der Waals surface area contributed by atoms with E-state index in [1.165, 1.54) is 13.0 Å². The van der Waals surface area contributed by atoms with Crippen LogP contribution < -0.4 is 4.90 Å². The molecule has 6 nitrogen and oxygen atoms in total. The Balaban J connectivity index is 2.40. The Morgan fingerprint density at radius 1 is 1.43 bits per heavy atom. The molecule has 1 fully saturated rings. The van der Waals surface area contributed by atoms with Crippen LogP contribution in [0.25, 0.3) is 0 Å². The fraction of sp³-hybridized carbons (Fsp3) is 0.533. The lowest BCUT2D eigenvalue weighted by Crippen LogP contribution is -2.40. The molecular formula is C15H21N3O3. The summed E-state index contributed by atoms with van der Waals surface area (Å²) < 4.78 is 0. The largest absolute Gasteiger partial charge is 0.362 e. The maximum absolute atomic E-state index is 11.4. The number of carbonyl (C=O) groups is 1. The topological polar surface area (TPSA) is 66.7 Å². The average molecular weight is 291 g/mol. The van der Waals surface area contributed by atoms with E-state index in [0.29, 0.717) is 17.3 Å². The number of carbonyl (C=O) groups excluding carboxylic acids is 1. The van der Waals surface area contributed by atoms with Crippen LogP contribution in [-0.4, -0.2) is 48.3 Å². The molecule has 0 unspecified atom stereocenters. The summed E-state index contributed by atoms with van der Waals surface area (Å²) in [7, 11) is 4.05. The number of nitrogens with zero attached hydrogens (tertiary/aromatic N) is 3. The third-order valence-electron chi connectivity index (χ3n) is 4.27. The molecule has 21 heavy (non-hydrogen) atoms. The zero-order chi connectivity index (χ0) is 15.7. The first-order valence-electron chi connectivity index (χ1n) is 7.05. The predicted molar refractivity (Wildman–Crippen MR) is 82.0 cm³/mol. The summed E-state index contributed by atoms with van der Waals surface area (Å²) in [4.78, 5) is 26.6. The van der Waals surface area contributed by atoms with Crippen molar-refractivity contribution in [1.29, 1.82) is 0 Å². The zero-order valence-electron chi connectivity index (χ0n) is 12.9. The molecule has 1 saturated heterocycles. The van der Waals surface area contributed by atoms with Crippen molar-refractivity contribution in [2.45, 2.75) is 32.4 Å². The number of Topliss-reactive ketones (excluding diaryl/α,β-unsaturated/α-hetero) is 1. The summed E-state index contributed by atoms with van der Waals surface area (Å²) in [6, 6.07) is 5.32. The molecule has 0 N–H and O–H groups in total. The van der Waals surface area contributed by atoms with Gasteiger partial charge in [0.05, 0.1) is 4.92 Å². The van der Waals surface area contributed by atoms with Crippen molar-refractivity contribution >= 4 is 17.2 Å². The first-order valence-corrected chi connectivity index (χ1v) is 7.05. The van der Waals surface area contributed by atoms with Gasteiger partial charge in [-0.15, -0.1) is 0 Å². The molecule has 0 aliphatic carbocycles. The lowest BCUT2D eigenvalue weighted by Gasteiger charge is -2.29. The van der Waals surface area contributed by atoms with Crippen LogP contribution in [0, 0.1) is 10.1 Å². The van der Waals surface area contributed by atoms with E-state index in [9.17, 15) is 14.9 Å². The first kappa shape index (κ1) is 15.4. The van der Waals surface area contributed by atoms with Gasteiger partial charge in [-0.05, 0) is 46.5 Å². The van der Waals surface area contributed by atoms with E-state index in [-0.39, 0.29) is 17.5 Å². The molecule has 1 heterocycles. The minimum Gasteiger partial charge on any atom is -0.362 e. The quantitative estimate of drug-likeness (QED) is 0.484. The van der Waals surface area contributed by atoms with E-state index >= 15 is 0 Å². The molecule has 1 aliphatic heterocycles. The van der Waals surface area contributed by atoms with Gasteiger partial charge >= 0.3 is 0 Å². The van der Waals surface area contributed by atoms with Crippen LogP contribution >= 0.6 is 0 Å². The molecule has 0 radical (unpaired) electrons. The summed E-state index contributed by atoms with van der Waals surface area (Å²) in [5.74, 6) is -0.162. The highest BCUT2D eigenvalue weighted by Crippen LogP contribution is 2.35. The Bertz CT molecular complexity index is 571. The zero-order valence-corrected chi connectivity index (χ0v) is 12.9. The molecule has 114 valence electrons. The maximum atomic E-state index is 11.4. The minimum absolute atomic E-state index is 0.00829. The van der Waals surface area contributed by atoms with Gasteiger partial charge in [-0.25, -0.2) is 0 Å². The van der Waals surface area contributed by atoms with Gasteiger partial charge in [0, 0.05) is 30.3 Å². The fourth-order valence-corrected chi connectivity index (χ4v) is 3.08. The minimum atomic E-state index is -0.405. The number of likely N-dealkylation sites (N-methyl/N-ethyl adjacent to an activating group) is 1. The number of rotatable bonds is 4. The Morgan fingerprint density at radius 3 is 2.57 bits per heavy atom. The molecule has 0 bridgehead atoms. The van der Waals surface area contributed by atoms with Gasteiger partial charge in [-0.3, -0.25) is 14.9 Å². The van der Waals surface area contributed by atoms with Gasteiger partial charge in [-0.2, -0.15) is 0 Å². The summed E-state index contributed by atoms with van der Waals surface area (Å²) in [6.45, 7) is 4.28. The molecule has 1 aliphatic rings. The number of nitro benzene ring substituents is 1. The predicted octanol–water partition coefficient (Wildman–Crippen LogP) is 2.33. The summed E-state index contributed by atoms with van der Waals surface area (Å²) >= 11 is 0. The SMILES string of the molecule is CC(=O)c1ccc(N2CC[C@H](N(C)C)[C@H]2C)c([N+](=O)[O-])c1. The lowest BCUT2D eigenvalue weighted by molar-refractivity contribution is -0.384. The lowest BCUT2D eigenvalue weighted by atomic mass is 10.1. The highest BCUT2D eigenvalue weighted by Gasteiger charge is 2.35. The third kappa shape index (κ3) is 2.90. The van der Waals surface area contributed by atoms with Gasteiger partial charge in [0.2, 0.25) is 0 Å². The van der Waals surface area contributed by atoms with Gasteiger partial charge in [0.25, 0.3) is 5.69 Å². The van der Waals surface area contributed by atoms with E-state index in [1.54, 1.807) is 12.1 Å². The van der Waals surface area contributed by atoms with Crippen LogP contribution in [0.1, 0.15) is 30.6 Å². The molecule has 0 amide bonds. The van der Waals surface area contributed by atoms with Gasteiger partial charge in [-0.1, -0.05) is 0 Å². The van der Waals surface area contributed by atoms with E-state index in [1.807, 2.05) is 14.1 Å². The number of hydrogen-bond acceptors (Lipinski definition) is 5. The normalized spacial score (nSPS) is 21.9. The molecule has 2 atom stereocenters. The van der Waals surface area contributed by atoms with Crippen molar-refractivity contribution in [1.82, 2.24) is 4.90 Å². The maximum Gasteiger partial charge on any atom is 0.293 e. The molecule has 1 aromatic rings. The van der Waals surface area contributed by atoms with E-state index in [0.717, 1.165) is 13.0 Å². The Labute approximate surface area is 124 Å². The van der Waals surface area contributed by atoms with Crippen molar-refractivity contribution in [3.05, 3.63) is 33.9 Å². The van der Waals surface area contributed by atoms with Gasteiger partial charge < -0.3 is 9.80 Å². The van der Waals surface area contributed by atoms with Crippen molar-refractivity contribution in [2.24, 2.45) is 0 Å². The first-order chi connectivity index (χ1) is 9.82. The summed E-state index contributed by atoms with van der Waals surface area (Å²) in [5.41, 5.74) is 0.984. The molecular weight excluding hydrogens is 270 g/mol. The van der Waals surface area contributed by atoms with E-state index < -0.39 is 4.92 Å². The standard InChI is InChI=1S/C15H21N3O3/c1-10-13(16(3)4)7-8-17(10)14-6-5-12(11(2)19)9-15(14)18(20)21/h5-6,9-10,13H,7-8H2,1-4H3/t10-,13+/m1/s1. The monoisotopic (exact) mass is 291 g/mol. The third-order valence-corrected chi connectivity index (χ3v) is 4.27. The Hall–Kier alpha value is -1.95. The van der Waals surface area contributed by atoms with Crippen molar-refractivity contribution in [2.75, 3.05) is 25.5 Å². The number of nitro groups is 1. The smallest absolute Gasteiger partial charge is 0.293 e. The van der Waals surface area contributed by atoms with Crippen molar-refractivity contribution in [3.8, 4) is 0 Å². The second kappa shape index (κ2) is 5.81. The molecule has 2 rings (SSSR count). The fourth-order valence-electron chi connectivity index (χ4n) is 3.08. The summed E-state index contributed by atoms with van der Waals surface area (Å²) in [6.07, 6.45) is 0.972. The highest BCUT2D eigenvalue weighted by atomic mass is 16.6. The van der Waals surface area contributed by atoms with Crippen LogP contribution in [0.15, 0.2) is 18.2 Å². The molecule has 6 heteroatoms. The molecule has 0 spiro atoms. The average Bonchev–Trinajstić information content (AvgIpc) is 2.79. The number of anilines is 1. The van der Waals surface area contributed by atoms with Gasteiger partial charge in [0.1, 0.15) is 5.69 Å². The van der Waals surface area contributed by atoms with Crippen molar-refractivity contribution < 1.29 is 9.72 Å². The number of ketones is 1. The molecule has 1 aromatic carbocycles. The molecule has 0 aromatic heterocycles. The van der Waals surface area contributed by atoms with Crippen LogP contribution in [0.4, 0.5) is 11.4 Å². The van der Waals surface area contributed by atoms with E-state index in [4.69, 9.17) is 0 Å². The van der Waals surface area contributed by atoms with Crippen LogP contribution in [0.3, 0.4) is 0 Å². The Morgan fingerprint density at radius 2 is 2.10 bits per heavy atom. The second-order valence-electron chi connectivity index (χ2n) is 5.77.